The van der Waals surface area contributed by atoms with Crippen LogP contribution in [0.2, 0.25) is 5.02 Å². The Bertz CT molecular complexity index is 1130. The number of hydrogen-bond acceptors (Lipinski definition) is 2. The second-order valence-corrected chi connectivity index (χ2v) is 7.69. The molecule has 0 saturated carbocycles. The van der Waals surface area contributed by atoms with E-state index in [-0.39, 0.29) is 28.7 Å². The van der Waals surface area contributed by atoms with Crippen LogP contribution in [0.1, 0.15) is 38.4 Å². The van der Waals surface area contributed by atoms with Crippen molar-refractivity contribution in [2.45, 2.75) is 32.9 Å². The van der Waals surface area contributed by atoms with Crippen molar-refractivity contribution >= 4 is 34.1 Å². The number of urea groups is 1. The average molecular weight is 416 g/mol. The number of nitrogens with zero attached hydrogens (tertiary/aromatic N) is 2. The second-order valence-electron chi connectivity index (χ2n) is 7.28. The molecule has 1 aromatic heterocycles. The molecule has 2 amide bonds. The standard InChI is InChI=1S/C22H23ClFN3O2/c1-13(2)27-12-18(16-7-5-6-8-17(16)21(27)28)14(3)26(4)22(29)25-15-9-10-20(24)19(23)11-15/h5-14H,1-4H3,(H,25,29)/t14-/m1/s1. The molecule has 0 bridgehead atoms. The molecule has 2 aromatic carbocycles. The Morgan fingerprint density at radius 2 is 1.79 bits per heavy atom. The summed E-state index contributed by atoms with van der Waals surface area (Å²) in [5.41, 5.74) is 1.21. The van der Waals surface area contributed by atoms with Gasteiger partial charge in [0, 0.05) is 30.4 Å². The summed E-state index contributed by atoms with van der Waals surface area (Å²) >= 11 is 5.79. The van der Waals surface area contributed by atoms with Crippen LogP contribution >= 0.6 is 11.6 Å². The van der Waals surface area contributed by atoms with Crippen molar-refractivity contribution in [1.29, 1.82) is 0 Å². The van der Waals surface area contributed by atoms with Gasteiger partial charge in [-0.05, 0) is 56.0 Å². The van der Waals surface area contributed by atoms with Crippen LogP contribution in [-0.2, 0) is 0 Å². The minimum absolute atomic E-state index is 0.0152. The van der Waals surface area contributed by atoms with E-state index in [1.165, 1.54) is 23.1 Å². The van der Waals surface area contributed by atoms with Crippen LogP contribution in [0.5, 0.6) is 0 Å². The molecule has 3 aromatic rings. The summed E-state index contributed by atoms with van der Waals surface area (Å²) in [6.45, 7) is 5.78. The van der Waals surface area contributed by atoms with Gasteiger partial charge in [0.15, 0.2) is 0 Å². The Hall–Kier alpha value is -2.86. The maximum Gasteiger partial charge on any atom is 0.322 e. The maximum atomic E-state index is 13.3. The molecule has 7 heteroatoms. The Morgan fingerprint density at radius 3 is 2.41 bits per heavy atom. The van der Waals surface area contributed by atoms with Gasteiger partial charge in [0.2, 0.25) is 0 Å². The average Bonchev–Trinajstić information content (AvgIpc) is 2.70. The van der Waals surface area contributed by atoms with Crippen molar-refractivity contribution in [2.24, 2.45) is 0 Å². The number of amides is 2. The molecule has 0 unspecified atom stereocenters. The molecule has 1 atom stereocenters. The quantitative estimate of drug-likeness (QED) is 0.603. The molecule has 0 fully saturated rings. The Labute approximate surface area is 173 Å². The second kappa shape index (κ2) is 8.25. The molecule has 0 radical (unpaired) electrons. The lowest BCUT2D eigenvalue weighted by Crippen LogP contribution is -2.34. The SMILES string of the molecule is CC(C)n1cc([C@@H](C)N(C)C(=O)Nc2ccc(F)c(Cl)c2)c2ccccc2c1=O. The number of hydrogen-bond donors (Lipinski definition) is 1. The van der Waals surface area contributed by atoms with Gasteiger partial charge in [0.05, 0.1) is 11.1 Å². The van der Waals surface area contributed by atoms with E-state index in [9.17, 15) is 14.0 Å². The monoisotopic (exact) mass is 415 g/mol. The van der Waals surface area contributed by atoms with Crippen LogP contribution in [-0.4, -0.2) is 22.5 Å². The van der Waals surface area contributed by atoms with E-state index in [2.05, 4.69) is 5.32 Å². The number of carbonyl (C=O) groups is 1. The molecular weight excluding hydrogens is 393 g/mol. The number of aromatic nitrogens is 1. The number of carbonyl (C=O) groups excluding carboxylic acids is 1. The summed E-state index contributed by atoms with van der Waals surface area (Å²) in [6, 6.07) is 10.7. The van der Waals surface area contributed by atoms with Gasteiger partial charge in [-0.2, -0.15) is 0 Å². The van der Waals surface area contributed by atoms with E-state index in [4.69, 9.17) is 11.6 Å². The van der Waals surface area contributed by atoms with E-state index >= 15 is 0 Å². The first-order chi connectivity index (χ1) is 13.7. The van der Waals surface area contributed by atoms with Crippen LogP contribution in [0.4, 0.5) is 14.9 Å². The largest absolute Gasteiger partial charge is 0.322 e. The first kappa shape index (κ1) is 20.9. The molecule has 29 heavy (non-hydrogen) atoms. The smallest absolute Gasteiger partial charge is 0.321 e. The maximum absolute atomic E-state index is 13.3. The summed E-state index contributed by atoms with van der Waals surface area (Å²) < 4.78 is 15.0. The van der Waals surface area contributed by atoms with Gasteiger partial charge in [-0.3, -0.25) is 4.79 Å². The normalized spacial score (nSPS) is 12.2. The van der Waals surface area contributed by atoms with Crippen LogP contribution in [0.25, 0.3) is 10.8 Å². The lowest BCUT2D eigenvalue weighted by Gasteiger charge is -2.27. The third-order valence-electron chi connectivity index (χ3n) is 5.06. The molecule has 0 aliphatic heterocycles. The topological polar surface area (TPSA) is 54.3 Å². The van der Waals surface area contributed by atoms with Crippen molar-refractivity contribution in [2.75, 3.05) is 12.4 Å². The number of pyridine rings is 1. The first-order valence-electron chi connectivity index (χ1n) is 9.33. The van der Waals surface area contributed by atoms with E-state index in [0.29, 0.717) is 11.1 Å². The number of halogens is 2. The lowest BCUT2D eigenvalue weighted by atomic mass is 10.0. The summed E-state index contributed by atoms with van der Waals surface area (Å²) in [5, 5.41) is 4.09. The molecule has 5 nitrogen and oxygen atoms in total. The van der Waals surface area contributed by atoms with Crippen molar-refractivity contribution < 1.29 is 9.18 Å². The zero-order valence-corrected chi connectivity index (χ0v) is 17.5. The number of nitrogens with one attached hydrogen (secondary N) is 1. The molecule has 0 aliphatic rings. The van der Waals surface area contributed by atoms with Gasteiger partial charge in [-0.25, -0.2) is 9.18 Å². The highest BCUT2D eigenvalue weighted by Crippen LogP contribution is 2.27. The van der Waals surface area contributed by atoms with E-state index in [0.717, 1.165) is 10.9 Å². The van der Waals surface area contributed by atoms with Gasteiger partial charge in [0.25, 0.3) is 5.56 Å². The van der Waals surface area contributed by atoms with E-state index in [1.54, 1.807) is 17.7 Å². The number of rotatable bonds is 4. The highest BCUT2D eigenvalue weighted by molar-refractivity contribution is 6.31. The predicted octanol–water partition coefficient (Wildman–Crippen LogP) is 5.60. The number of fused-ring (bicyclic) bond motifs is 1. The van der Waals surface area contributed by atoms with Crippen molar-refractivity contribution in [3.63, 3.8) is 0 Å². The third-order valence-corrected chi connectivity index (χ3v) is 5.35. The summed E-state index contributed by atoms with van der Waals surface area (Å²) in [5.74, 6) is -0.547. The van der Waals surface area contributed by atoms with E-state index < -0.39 is 5.82 Å². The van der Waals surface area contributed by atoms with Crippen LogP contribution in [0.3, 0.4) is 0 Å². The number of benzene rings is 2. The Balaban J connectivity index is 1.96. The Morgan fingerprint density at radius 1 is 1.14 bits per heavy atom. The third kappa shape index (κ3) is 4.12. The van der Waals surface area contributed by atoms with E-state index in [1.807, 2.05) is 45.2 Å². The molecule has 1 heterocycles. The summed E-state index contributed by atoms with van der Waals surface area (Å²) in [4.78, 5) is 27.1. The molecule has 1 N–H and O–H groups in total. The molecule has 0 spiro atoms. The first-order valence-corrected chi connectivity index (χ1v) is 9.71. The number of anilines is 1. The molecular formula is C22H23ClFN3O2. The lowest BCUT2D eigenvalue weighted by molar-refractivity contribution is 0.208. The minimum Gasteiger partial charge on any atom is -0.321 e. The van der Waals surface area contributed by atoms with Gasteiger partial charge < -0.3 is 14.8 Å². The molecule has 0 aliphatic carbocycles. The highest BCUT2D eigenvalue weighted by Gasteiger charge is 2.22. The summed E-state index contributed by atoms with van der Waals surface area (Å²) in [7, 11) is 1.67. The molecule has 3 rings (SSSR count). The van der Waals surface area contributed by atoms with Crippen molar-refractivity contribution in [3.05, 3.63) is 75.4 Å². The van der Waals surface area contributed by atoms with Crippen LogP contribution < -0.4 is 10.9 Å². The summed E-state index contributed by atoms with van der Waals surface area (Å²) in [6.07, 6.45) is 1.82. The molecule has 0 saturated heterocycles. The zero-order valence-electron chi connectivity index (χ0n) is 16.7. The van der Waals surface area contributed by atoms with Crippen molar-refractivity contribution in [3.8, 4) is 0 Å². The minimum atomic E-state index is -0.547. The predicted molar refractivity (Wildman–Crippen MR) is 115 cm³/mol. The highest BCUT2D eigenvalue weighted by atomic mass is 35.5. The van der Waals surface area contributed by atoms with Gasteiger partial charge >= 0.3 is 6.03 Å². The Kier molecular flexibility index (Phi) is 5.94. The van der Waals surface area contributed by atoms with Crippen molar-refractivity contribution in [1.82, 2.24) is 9.47 Å². The van der Waals surface area contributed by atoms with Crippen LogP contribution in [0.15, 0.2) is 53.5 Å². The van der Waals surface area contributed by atoms with Gasteiger partial charge in [-0.1, -0.05) is 29.8 Å². The van der Waals surface area contributed by atoms with Gasteiger partial charge in [-0.15, -0.1) is 0 Å². The fourth-order valence-corrected chi connectivity index (χ4v) is 3.41. The fraction of sp³-hybridized carbons (Fsp3) is 0.273. The zero-order chi connectivity index (χ0) is 21.3. The fourth-order valence-electron chi connectivity index (χ4n) is 3.22. The van der Waals surface area contributed by atoms with Gasteiger partial charge in [0.1, 0.15) is 5.82 Å². The van der Waals surface area contributed by atoms with Crippen LogP contribution in [0, 0.1) is 5.82 Å². The molecule has 152 valence electrons.